The summed E-state index contributed by atoms with van der Waals surface area (Å²) in [5.74, 6) is 0.642. The van der Waals surface area contributed by atoms with E-state index in [1.807, 2.05) is 6.26 Å². The summed E-state index contributed by atoms with van der Waals surface area (Å²) in [7, 11) is 0. The van der Waals surface area contributed by atoms with Crippen molar-refractivity contribution in [1.29, 1.82) is 0 Å². The molecule has 3 atom stereocenters. The molecule has 3 nitrogen and oxygen atoms in total. The maximum absolute atomic E-state index is 6.13. The lowest BCUT2D eigenvalue weighted by Crippen LogP contribution is -2.47. The van der Waals surface area contributed by atoms with Gasteiger partial charge in [0, 0.05) is 30.7 Å². The van der Waals surface area contributed by atoms with Gasteiger partial charge in [-0.15, -0.1) is 0 Å². The Hall–Kier alpha value is -0.800. The predicted octanol–water partition coefficient (Wildman–Crippen LogP) is 2.40. The highest BCUT2D eigenvalue weighted by atomic mass is 16.3. The Balaban J connectivity index is 2.00. The van der Waals surface area contributed by atoms with Gasteiger partial charge in [-0.05, 0) is 25.3 Å². The molecular weight excluding hydrogens is 200 g/mol. The zero-order chi connectivity index (χ0) is 11.5. The summed E-state index contributed by atoms with van der Waals surface area (Å²) in [6, 6.07) is 2.89. The molecule has 3 heteroatoms. The molecule has 0 saturated carbocycles. The molecule has 90 valence electrons. The minimum Gasteiger partial charge on any atom is -0.472 e. The summed E-state index contributed by atoms with van der Waals surface area (Å²) >= 11 is 0. The molecule has 0 amide bonds. The van der Waals surface area contributed by atoms with E-state index < -0.39 is 0 Å². The highest BCUT2D eigenvalue weighted by Crippen LogP contribution is 2.27. The van der Waals surface area contributed by atoms with Crippen LogP contribution in [0, 0.1) is 5.92 Å². The number of nitrogens with two attached hydrogens (primary N) is 1. The van der Waals surface area contributed by atoms with Gasteiger partial charge >= 0.3 is 0 Å². The van der Waals surface area contributed by atoms with Gasteiger partial charge in [-0.1, -0.05) is 13.3 Å². The summed E-state index contributed by atoms with van der Waals surface area (Å²) in [6.45, 7) is 6.69. The molecule has 1 fully saturated rings. The maximum atomic E-state index is 6.13. The molecular formula is C13H22N2O. The predicted molar refractivity (Wildman–Crippen MR) is 65.1 cm³/mol. The van der Waals surface area contributed by atoms with E-state index in [-0.39, 0.29) is 0 Å². The van der Waals surface area contributed by atoms with Crippen molar-refractivity contribution in [2.75, 3.05) is 13.1 Å². The summed E-state index contributed by atoms with van der Waals surface area (Å²) < 4.78 is 5.15. The third kappa shape index (κ3) is 2.30. The molecule has 1 aromatic rings. The van der Waals surface area contributed by atoms with Crippen molar-refractivity contribution >= 4 is 0 Å². The van der Waals surface area contributed by atoms with Crippen molar-refractivity contribution < 1.29 is 4.42 Å². The molecule has 16 heavy (non-hydrogen) atoms. The fourth-order valence-electron chi connectivity index (χ4n) is 2.59. The Bertz CT molecular complexity index is 310. The Kier molecular flexibility index (Phi) is 3.66. The second-order valence-electron chi connectivity index (χ2n) is 4.85. The van der Waals surface area contributed by atoms with E-state index in [0.717, 1.165) is 19.5 Å². The van der Waals surface area contributed by atoms with E-state index in [0.29, 0.717) is 18.0 Å². The number of rotatable bonds is 3. The van der Waals surface area contributed by atoms with Gasteiger partial charge in [-0.25, -0.2) is 0 Å². The molecule has 1 aromatic heterocycles. The van der Waals surface area contributed by atoms with Gasteiger partial charge < -0.3 is 10.2 Å². The standard InChI is InChI=1S/C13H22N2O/c1-3-11-8-15(6-4-13(11)14)10(2)12-5-7-16-9-12/h5,7,9-11,13H,3-4,6,8,14H2,1-2H3. The van der Waals surface area contributed by atoms with Crippen molar-refractivity contribution in [2.24, 2.45) is 11.7 Å². The molecule has 0 aliphatic carbocycles. The number of nitrogens with zero attached hydrogens (tertiary/aromatic N) is 1. The summed E-state index contributed by atoms with van der Waals surface area (Å²) in [5.41, 5.74) is 7.39. The summed E-state index contributed by atoms with van der Waals surface area (Å²) in [5, 5.41) is 0. The quantitative estimate of drug-likeness (QED) is 0.854. The van der Waals surface area contributed by atoms with Crippen LogP contribution >= 0.6 is 0 Å². The van der Waals surface area contributed by atoms with Gasteiger partial charge in [0.1, 0.15) is 0 Å². The van der Waals surface area contributed by atoms with Crippen molar-refractivity contribution in [1.82, 2.24) is 4.90 Å². The molecule has 2 N–H and O–H groups in total. The lowest BCUT2D eigenvalue weighted by Gasteiger charge is -2.39. The molecule has 1 saturated heterocycles. The van der Waals surface area contributed by atoms with Crippen LogP contribution in [0.15, 0.2) is 23.0 Å². The Morgan fingerprint density at radius 3 is 3.06 bits per heavy atom. The third-order valence-corrected chi connectivity index (χ3v) is 3.92. The topological polar surface area (TPSA) is 42.4 Å². The first-order valence-electron chi connectivity index (χ1n) is 6.24. The SMILES string of the molecule is CCC1CN(C(C)c2ccoc2)CCC1N. The molecule has 0 bridgehead atoms. The molecule has 1 aliphatic rings. The fourth-order valence-corrected chi connectivity index (χ4v) is 2.59. The van der Waals surface area contributed by atoms with E-state index in [1.165, 1.54) is 12.0 Å². The zero-order valence-corrected chi connectivity index (χ0v) is 10.2. The van der Waals surface area contributed by atoms with Gasteiger partial charge in [0.05, 0.1) is 12.5 Å². The molecule has 0 spiro atoms. The van der Waals surface area contributed by atoms with Gasteiger partial charge in [0.25, 0.3) is 0 Å². The average molecular weight is 222 g/mol. The zero-order valence-electron chi connectivity index (χ0n) is 10.2. The summed E-state index contributed by atoms with van der Waals surface area (Å²) in [6.07, 6.45) is 5.88. The lowest BCUT2D eigenvalue weighted by molar-refractivity contribution is 0.114. The van der Waals surface area contributed by atoms with Crippen LogP contribution in [-0.2, 0) is 0 Å². The van der Waals surface area contributed by atoms with Gasteiger partial charge in [-0.2, -0.15) is 0 Å². The third-order valence-electron chi connectivity index (χ3n) is 3.92. The Labute approximate surface area is 97.6 Å². The Morgan fingerprint density at radius 2 is 2.44 bits per heavy atom. The van der Waals surface area contributed by atoms with Crippen LogP contribution in [0.3, 0.4) is 0 Å². The number of hydrogen-bond donors (Lipinski definition) is 1. The summed E-state index contributed by atoms with van der Waals surface area (Å²) in [4.78, 5) is 2.52. The second kappa shape index (κ2) is 5.02. The minimum absolute atomic E-state index is 0.387. The monoisotopic (exact) mass is 222 g/mol. The van der Waals surface area contributed by atoms with Crippen LogP contribution in [-0.4, -0.2) is 24.0 Å². The van der Waals surface area contributed by atoms with Crippen molar-refractivity contribution in [3.63, 3.8) is 0 Å². The van der Waals surface area contributed by atoms with Crippen LogP contribution in [0.4, 0.5) is 0 Å². The van der Waals surface area contributed by atoms with Crippen LogP contribution in [0.5, 0.6) is 0 Å². The second-order valence-corrected chi connectivity index (χ2v) is 4.85. The van der Waals surface area contributed by atoms with Crippen molar-refractivity contribution in [3.8, 4) is 0 Å². The van der Waals surface area contributed by atoms with E-state index in [9.17, 15) is 0 Å². The number of piperidine rings is 1. The van der Waals surface area contributed by atoms with Crippen LogP contribution in [0.25, 0.3) is 0 Å². The van der Waals surface area contributed by atoms with Crippen molar-refractivity contribution in [2.45, 2.75) is 38.8 Å². The molecule has 3 unspecified atom stereocenters. The molecule has 2 rings (SSSR count). The van der Waals surface area contributed by atoms with E-state index in [1.54, 1.807) is 6.26 Å². The van der Waals surface area contributed by atoms with Gasteiger partial charge in [0.2, 0.25) is 0 Å². The first kappa shape index (κ1) is 11.7. The highest BCUT2D eigenvalue weighted by molar-refractivity contribution is 5.11. The van der Waals surface area contributed by atoms with Crippen molar-refractivity contribution in [3.05, 3.63) is 24.2 Å². The lowest BCUT2D eigenvalue weighted by atomic mass is 9.89. The van der Waals surface area contributed by atoms with Gasteiger partial charge in [-0.3, -0.25) is 4.90 Å². The fraction of sp³-hybridized carbons (Fsp3) is 0.692. The maximum Gasteiger partial charge on any atom is 0.0950 e. The highest BCUT2D eigenvalue weighted by Gasteiger charge is 2.28. The number of furan rings is 1. The molecule has 0 radical (unpaired) electrons. The molecule has 1 aliphatic heterocycles. The largest absolute Gasteiger partial charge is 0.472 e. The average Bonchev–Trinajstić information content (AvgIpc) is 2.82. The first-order valence-corrected chi connectivity index (χ1v) is 6.24. The van der Waals surface area contributed by atoms with Crippen LogP contribution in [0.1, 0.15) is 38.3 Å². The number of likely N-dealkylation sites (tertiary alicyclic amines) is 1. The van der Waals surface area contributed by atoms with E-state index in [2.05, 4.69) is 24.8 Å². The first-order chi connectivity index (χ1) is 7.72. The smallest absolute Gasteiger partial charge is 0.0950 e. The number of hydrogen-bond acceptors (Lipinski definition) is 3. The normalized spacial score (nSPS) is 29.2. The minimum atomic E-state index is 0.387. The Morgan fingerprint density at radius 1 is 1.62 bits per heavy atom. The molecule has 2 heterocycles. The van der Waals surface area contributed by atoms with Crippen LogP contribution in [0.2, 0.25) is 0 Å². The van der Waals surface area contributed by atoms with Crippen LogP contribution < -0.4 is 5.73 Å². The van der Waals surface area contributed by atoms with E-state index >= 15 is 0 Å². The van der Waals surface area contributed by atoms with Gasteiger partial charge in [0.15, 0.2) is 0 Å². The van der Waals surface area contributed by atoms with E-state index in [4.69, 9.17) is 10.2 Å². The molecule has 0 aromatic carbocycles.